The topological polar surface area (TPSA) is 51.3 Å². The number of hydrogen-bond acceptors (Lipinski definition) is 4. The Bertz CT molecular complexity index is 202. The summed E-state index contributed by atoms with van der Waals surface area (Å²) in [6.07, 6.45) is 1.73. The van der Waals surface area contributed by atoms with E-state index in [1.54, 1.807) is 6.20 Å². The van der Waals surface area contributed by atoms with E-state index in [0.29, 0.717) is 0 Å². The minimum absolute atomic E-state index is 0.782. The van der Waals surface area contributed by atoms with E-state index < -0.39 is 0 Å². The van der Waals surface area contributed by atoms with Gasteiger partial charge >= 0.3 is 0 Å². The Labute approximate surface area is 57.2 Å². The molecule has 0 saturated heterocycles. The van der Waals surface area contributed by atoms with Gasteiger partial charge in [-0.3, -0.25) is 0 Å². The average Bonchev–Trinajstić information content (AvgIpc) is 2.37. The first-order valence-corrected chi connectivity index (χ1v) is 3.37. The third-order valence-electron chi connectivity index (χ3n) is 0.935. The standard InChI is InChI=1S/C5H7N3S/c1-4(8-6)5-7-2-3-9-5/h2-3H,6H2,1H3/b8-4+. The van der Waals surface area contributed by atoms with Crippen molar-refractivity contribution in [3.8, 4) is 0 Å². The van der Waals surface area contributed by atoms with Crippen LogP contribution < -0.4 is 5.84 Å². The van der Waals surface area contributed by atoms with Crippen molar-refractivity contribution in [2.75, 3.05) is 0 Å². The summed E-state index contributed by atoms with van der Waals surface area (Å²) in [5, 5.41) is 6.27. The molecule has 1 aromatic heterocycles. The molecule has 0 spiro atoms. The summed E-state index contributed by atoms with van der Waals surface area (Å²) >= 11 is 1.53. The number of nitrogens with two attached hydrogens (primary N) is 1. The van der Waals surface area contributed by atoms with Gasteiger partial charge in [0, 0.05) is 11.6 Å². The second kappa shape index (κ2) is 2.59. The molecule has 9 heavy (non-hydrogen) atoms. The Morgan fingerprint density at radius 1 is 1.89 bits per heavy atom. The molecular weight excluding hydrogens is 134 g/mol. The summed E-state index contributed by atoms with van der Waals surface area (Å²) in [7, 11) is 0. The van der Waals surface area contributed by atoms with Gasteiger partial charge in [-0.2, -0.15) is 5.10 Å². The predicted octanol–water partition coefficient (Wildman–Crippen LogP) is 0.826. The lowest BCUT2D eigenvalue weighted by molar-refractivity contribution is 1.23. The molecule has 48 valence electrons. The monoisotopic (exact) mass is 141 g/mol. The molecule has 0 aliphatic carbocycles. The molecule has 4 heteroatoms. The van der Waals surface area contributed by atoms with Gasteiger partial charge in [-0.05, 0) is 6.92 Å². The highest BCUT2D eigenvalue weighted by Gasteiger charge is 1.96. The Balaban J connectivity index is 2.90. The normalized spacial score (nSPS) is 11.9. The quantitative estimate of drug-likeness (QED) is 0.357. The number of thiazole rings is 1. The fraction of sp³-hybridized carbons (Fsp3) is 0.200. The number of rotatable bonds is 1. The molecule has 0 amide bonds. The maximum atomic E-state index is 5.02. The number of hydrogen-bond donors (Lipinski definition) is 1. The van der Waals surface area contributed by atoms with Crippen molar-refractivity contribution in [3.63, 3.8) is 0 Å². The van der Waals surface area contributed by atoms with Gasteiger partial charge in [-0.15, -0.1) is 11.3 Å². The maximum absolute atomic E-state index is 5.02. The van der Waals surface area contributed by atoms with Crippen LogP contribution >= 0.6 is 11.3 Å². The summed E-state index contributed by atoms with van der Waals surface area (Å²) < 4.78 is 0. The molecule has 0 bridgehead atoms. The molecule has 0 aliphatic heterocycles. The molecule has 0 saturated carbocycles. The van der Waals surface area contributed by atoms with E-state index in [1.165, 1.54) is 11.3 Å². The van der Waals surface area contributed by atoms with Crippen LogP contribution in [0.3, 0.4) is 0 Å². The maximum Gasteiger partial charge on any atom is 0.139 e. The first kappa shape index (κ1) is 6.22. The Hall–Kier alpha value is -0.900. The first-order chi connectivity index (χ1) is 4.34. The van der Waals surface area contributed by atoms with Crippen LogP contribution in [0.5, 0.6) is 0 Å². The molecule has 0 radical (unpaired) electrons. The number of hydrazone groups is 1. The molecule has 0 unspecified atom stereocenters. The van der Waals surface area contributed by atoms with Gasteiger partial charge in [0.1, 0.15) is 5.01 Å². The summed E-state index contributed by atoms with van der Waals surface area (Å²) in [5.41, 5.74) is 0.782. The number of aromatic nitrogens is 1. The SMILES string of the molecule is C/C(=N\N)c1nccs1. The Morgan fingerprint density at radius 2 is 2.67 bits per heavy atom. The van der Waals surface area contributed by atoms with Crippen LogP contribution in [0.25, 0.3) is 0 Å². The molecule has 0 atom stereocenters. The van der Waals surface area contributed by atoms with E-state index in [4.69, 9.17) is 5.84 Å². The van der Waals surface area contributed by atoms with Crippen LogP contribution in [0.4, 0.5) is 0 Å². The van der Waals surface area contributed by atoms with Crippen molar-refractivity contribution in [1.82, 2.24) is 4.98 Å². The van der Waals surface area contributed by atoms with Gasteiger partial charge in [0.25, 0.3) is 0 Å². The zero-order valence-corrected chi connectivity index (χ0v) is 5.85. The van der Waals surface area contributed by atoms with Crippen LogP contribution in [-0.4, -0.2) is 10.7 Å². The Morgan fingerprint density at radius 3 is 3.11 bits per heavy atom. The fourth-order valence-electron chi connectivity index (χ4n) is 0.457. The zero-order chi connectivity index (χ0) is 6.69. The number of nitrogens with zero attached hydrogens (tertiary/aromatic N) is 2. The third kappa shape index (κ3) is 1.26. The molecule has 0 aliphatic rings. The van der Waals surface area contributed by atoms with Crippen molar-refractivity contribution in [2.45, 2.75) is 6.92 Å². The van der Waals surface area contributed by atoms with Crippen LogP contribution in [-0.2, 0) is 0 Å². The van der Waals surface area contributed by atoms with Crippen molar-refractivity contribution >= 4 is 17.0 Å². The van der Waals surface area contributed by atoms with E-state index in [9.17, 15) is 0 Å². The molecule has 1 heterocycles. The smallest absolute Gasteiger partial charge is 0.139 e. The highest BCUT2D eigenvalue weighted by atomic mass is 32.1. The van der Waals surface area contributed by atoms with E-state index in [0.717, 1.165) is 10.7 Å². The van der Waals surface area contributed by atoms with E-state index >= 15 is 0 Å². The van der Waals surface area contributed by atoms with Crippen molar-refractivity contribution in [1.29, 1.82) is 0 Å². The van der Waals surface area contributed by atoms with Crippen LogP contribution in [0.1, 0.15) is 11.9 Å². The van der Waals surface area contributed by atoms with Gasteiger partial charge in [-0.25, -0.2) is 4.98 Å². The van der Waals surface area contributed by atoms with Crippen LogP contribution in [0.2, 0.25) is 0 Å². The molecule has 2 N–H and O–H groups in total. The van der Waals surface area contributed by atoms with Gasteiger partial charge in [-0.1, -0.05) is 0 Å². The van der Waals surface area contributed by atoms with E-state index in [-0.39, 0.29) is 0 Å². The van der Waals surface area contributed by atoms with Crippen LogP contribution in [0, 0.1) is 0 Å². The van der Waals surface area contributed by atoms with E-state index in [1.807, 2.05) is 12.3 Å². The fourth-order valence-corrected chi connectivity index (χ4v) is 1.05. The lowest BCUT2D eigenvalue weighted by Gasteiger charge is -1.86. The lowest BCUT2D eigenvalue weighted by atomic mass is 10.5. The highest BCUT2D eigenvalue weighted by Crippen LogP contribution is 2.03. The first-order valence-electron chi connectivity index (χ1n) is 2.49. The summed E-state index contributed by atoms with van der Waals surface area (Å²) in [4.78, 5) is 3.99. The molecule has 3 nitrogen and oxygen atoms in total. The summed E-state index contributed by atoms with van der Waals surface area (Å²) in [6, 6.07) is 0. The predicted molar refractivity (Wildman–Crippen MR) is 38.5 cm³/mol. The van der Waals surface area contributed by atoms with Crippen LogP contribution in [0.15, 0.2) is 16.7 Å². The molecule has 1 rings (SSSR count). The van der Waals surface area contributed by atoms with Gasteiger partial charge < -0.3 is 5.84 Å². The Kier molecular flexibility index (Phi) is 1.79. The lowest BCUT2D eigenvalue weighted by Crippen LogP contribution is -1.96. The zero-order valence-electron chi connectivity index (χ0n) is 5.03. The minimum atomic E-state index is 0.782. The highest BCUT2D eigenvalue weighted by molar-refractivity contribution is 7.11. The average molecular weight is 141 g/mol. The largest absolute Gasteiger partial charge is 0.323 e. The van der Waals surface area contributed by atoms with Gasteiger partial charge in [0.05, 0.1) is 5.71 Å². The third-order valence-corrected chi connectivity index (χ3v) is 1.82. The van der Waals surface area contributed by atoms with Gasteiger partial charge in [0.2, 0.25) is 0 Å². The summed E-state index contributed by atoms with van der Waals surface area (Å²) in [6.45, 7) is 1.83. The molecular formula is C5H7N3S. The van der Waals surface area contributed by atoms with Crippen molar-refractivity contribution in [3.05, 3.63) is 16.6 Å². The molecule has 1 aromatic rings. The molecule has 0 fully saturated rings. The second-order valence-corrected chi connectivity index (χ2v) is 2.45. The van der Waals surface area contributed by atoms with E-state index in [2.05, 4.69) is 10.1 Å². The van der Waals surface area contributed by atoms with Crippen molar-refractivity contribution < 1.29 is 0 Å². The van der Waals surface area contributed by atoms with Crippen molar-refractivity contribution in [2.24, 2.45) is 10.9 Å². The minimum Gasteiger partial charge on any atom is -0.323 e. The summed E-state index contributed by atoms with van der Waals surface area (Å²) in [5.74, 6) is 5.02. The second-order valence-electron chi connectivity index (χ2n) is 1.55. The molecule has 0 aromatic carbocycles. The van der Waals surface area contributed by atoms with Gasteiger partial charge in [0.15, 0.2) is 0 Å².